The molecule has 1 aromatic heterocycles. The Labute approximate surface area is 176 Å². The first-order valence-electron chi connectivity index (χ1n) is 9.15. The molecule has 10 heteroatoms. The Kier molecular flexibility index (Phi) is 6.74. The summed E-state index contributed by atoms with van der Waals surface area (Å²) in [6.07, 6.45) is 1.40. The van der Waals surface area contributed by atoms with E-state index in [0.29, 0.717) is 5.69 Å². The second kappa shape index (κ2) is 9.83. The smallest absolute Gasteiger partial charge is 0.291 e. The van der Waals surface area contributed by atoms with Gasteiger partial charge in [0.15, 0.2) is 5.76 Å². The van der Waals surface area contributed by atoms with Crippen molar-refractivity contribution in [3.8, 4) is 0 Å². The van der Waals surface area contributed by atoms with Gasteiger partial charge in [0, 0.05) is 29.9 Å². The van der Waals surface area contributed by atoms with Gasteiger partial charge in [-0.1, -0.05) is 18.2 Å². The Bertz CT molecular complexity index is 1110. The van der Waals surface area contributed by atoms with Crippen LogP contribution in [0.5, 0.6) is 0 Å². The molecule has 2 aromatic carbocycles. The lowest BCUT2D eigenvalue weighted by Gasteiger charge is -2.09. The number of benzene rings is 2. The lowest BCUT2D eigenvalue weighted by atomic mass is 10.2. The van der Waals surface area contributed by atoms with Gasteiger partial charge in [0.05, 0.1) is 17.7 Å². The van der Waals surface area contributed by atoms with Crippen molar-refractivity contribution < 1.29 is 23.7 Å². The van der Waals surface area contributed by atoms with Crippen LogP contribution in [0.3, 0.4) is 0 Å². The number of amides is 3. The van der Waals surface area contributed by atoms with Crippen LogP contribution in [0.15, 0.2) is 71.3 Å². The predicted molar refractivity (Wildman–Crippen MR) is 110 cm³/mol. The highest BCUT2D eigenvalue weighted by molar-refractivity contribution is 6.02. The van der Waals surface area contributed by atoms with Crippen molar-refractivity contribution in [3.05, 3.63) is 93.9 Å². The molecule has 3 aromatic rings. The summed E-state index contributed by atoms with van der Waals surface area (Å²) in [6.45, 7) is -0.119. The minimum atomic E-state index is -0.603. The summed E-state index contributed by atoms with van der Waals surface area (Å²) in [4.78, 5) is 46.3. The Hall–Kier alpha value is -4.47. The number of anilines is 1. The summed E-state index contributed by atoms with van der Waals surface area (Å²) in [5.74, 6) is -1.25. The van der Waals surface area contributed by atoms with E-state index in [4.69, 9.17) is 4.42 Å². The van der Waals surface area contributed by atoms with Crippen LogP contribution in [0, 0.1) is 10.1 Å². The van der Waals surface area contributed by atoms with Crippen LogP contribution < -0.4 is 16.0 Å². The zero-order valence-corrected chi connectivity index (χ0v) is 16.2. The first kappa shape index (κ1) is 21.2. The van der Waals surface area contributed by atoms with Crippen molar-refractivity contribution in [2.24, 2.45) is 0 Å². The van der Waals surface area contributed by atoms with E-state index in [9.17, 15) is 24.5 Å². The molecule has 0 spiro atoms. The number of nitrogens with one attached hydrogen (secondary N) is 3. The molecule has 0 radical (unpaired) electrons. The van der Waals surface area contributed by atoms with Crippen molar-refractivity contribution in [3.63, 3.8) is 0 Å². The molecule has 0 aliphatic rings. The lowest BCUT2D eigenvalue weighted by Crippen LogP contribution is -2.36. The van der Waals surface area contributed by atoms with Gasteiger partial charge in [-0.15, -0.1) is 0 Å². The Balaban J connectivity index is 1.48. The Morgan fingerprint density at radius 3 is 2.48 bits per heavy atom. The number of nitrogens with zero attached hydrogens (tertiary/aromatic N) is 1. The highest BCUT2D eigenvalue weighted by Crippen LogP contribution is 2.14. The first-order valence-corrected chi connectivity index (χ1v) is 9.15. The summed E-state index contributed by atoms with van der Waals surface area (Å²) in [7, 11) is 0. The third kappa shape index (κ3) is 6.00. The van der Waals surface area contributed by atoms with Crippen molar-refractivity contribution >= 4 is 29.1 Å². The van der Waals surface area contributed by atoms with Crippen LogP contribution in [-0.4, -0.2) is 29.2 Å². The van der Waals surface area contributed by atoms with Crippen LogP contribution in [-0.2, 0) is 11.3 Å². The van der Waals surface area contributed by atoms with E-state index in [2.05, 4.69) is 16.0 Å². The van der Waals surface area contributed by atoms with Crippen molar-refractivity contribution in [2.75, 3.05) is 11.9 Å². The van der Waals surface area contributed by atoms with Crippen molar-refractivity contribution in [2.45, 2.75) is 6.54 Å². The standard InChI is InChI=1S/C21H18N4O6/c26-19(13-23-20(27)15-5-2-7-17(11-15)25(29)30)22-12-14-4-1-6-16(10-14)24-21(28)18-8-3-9-31-18/h1-11H,12-13H2,(H,22,26)(H,23,27)(H,24,28). The number of nitro benzene ring substituents is 1. The topological polar surface area (TPSA) is 144 Å². The van der Waals surface area contributed by atoms with Gasteiger partial charge in [0.1, 0.15) is 0 Å². The average Bonchev–Trinajstić information content (AvgIpc) is 3.31. The molecular weight excluding hydrogens is 404 g/mol. The van der Waals surface area contributed by atoms with Crippen LogP contribution in [0.1, 0.15) is 26.5 Å². The van der Waals surface area contributed by atoms with Crippen LogP contribution in [0.4, 0.5) is 11.4 Å². The number of non-ortho nitro benzene ring substituents is 1. The van der Waals surface area contributed by atoms with Gasteiger partial charge >= 0.3 is 0 Å². The quantitative estimate of drug-likeness (QED) is 0.376. The molecule has 3 amide bonds. The van der Waals surface area contributed by atoms with Gasteiger partial charge in [0.2, 0.25) is 5.91 Å². The molecule has 31 heavy (non-hydrogen) atoms. The molecular formula is C21H18N4O6. The van der Waals surface area contributed by atoms with E-state index in [1.54, 1.807) is 36.4 Å². The average molecular weight is 422 g/mol. The van der Waals surface area contributed by atoms with Crippen LogP contribution >= 0.6 is 0 Å². The molecule has 3 rings (SSSR count). The molecule has 0 bridgehead atoms. The number of furan rings is 1. The maximum atomic E-state index is 12.1. The molecule has 0 fully saturated rings. The normalized spacial score (nSPS) is 10.2. The second-order valence-corrected chi connectivity index (χ2v) is 6.40. The summed E-state index contributed by atoms with van der Waals surface area (Å²) in [5.41, 5.74) is 1.14. The molecule has 10 nitrogen and oxygen atoms in total. The van der Waals surface area contributed by atoms with Crippen molar-refractivity contribution in [1.82, 2.24) is 10.6 Å². The lowest BCUT2D eigenvalue weighted by molar-refractivity contribution is -0.384. The highest BCUT2D eigenvalue weighted by Gasteiger charge is 2.13. The zero-order chi connectivity index (χ0) is 22.2. The van der Waals surface area contributed by atoms with Gasteiger partial charge in [-0.3, -0.25) is 24.5 Å². The third-order valence-electron chi connectivity index (χ3n) is 4.15. The number of rotatable bonds is 8. The second-order valence-electron chi connectivity index (χ2n) is 6.40. The fourth-order valence-electron chi connectivity index (χ4n) is 2.65. The summed E-state index contributed by atoms with van der Waals surface area (Å²) in [6, 6.07) is 15.3. The summed E-state index contributed by atoms with van der Waals surface area (Å²) >= 11 is 0. The monoisotopic (exact) mass is 422 g/mol. The van der Waals surface area contributed by atoms with E-state index in [0.717, 1.165) is 11.6 Å². The number of hydrogen-bond donors (Lipinski definition) is 3. The van der Waals surface area contributed by atoms with E-state index in [1.165, 1.54) is 24.5 Å². The molecule has 0 aliphatic heterocycles. The summed E-state index contributed by atoms with van der Waals surface area (Å²) in [5, 5.41) is 18.5. The fraction of sp³-hybridized carbons (Fsp3) is 0.0952. The highest BCUT2D eigenvalue weighted by atomic mass is 16.6. The molecule has 1 heterocycles. The van der Waals surface area contributed by atoms with Gasteiger partial charge in [-0.05, 0) is 35.9 Å². The van der Waals surface area contributed by atoms with Gasteiger partial charge in [0.25, 0.3) is 17.5 Å². The maximum absolute atomic E-state index is 12.1. The first-order chi connectivity index (χ1) is 14.9. The van der Waals surface area contributed by atoms with Crippen LogP contribution in [0.2, 0.25) is 0 Å². The number of carbonyl (C=O) groups is 3. The molecule has 0 atom stereocenters. The van der Waals surface area contributed by atoms with Crippen molar-refractivity contribution in [1.29, 1.82) is 0 Å². The van der Waals surface area contributed by atoms with Gasteiger partial charge in [-0.25, -0.2) is 0 Å². The fourth-order valence-corrected chi connectivity index (χ4v) is 2.65. The molecule has 158 valence electrons. The van der Waals surface area contributed by atoms with E-state index in [-0.39, 0.29) is 30.1 Å². The van der Waals surface area contributed by atoms with Crippen LogP contribution in [0.25, 0.3) is 0 Å². The third-order valence-corrected chi connectivity index (χ3v) is 4.15. The van der Waals surface area contributed by atoms with Gasteiger partial charge in [-0.2, -0.15) is 0 Å². The predicted octanol–water partition coefficient (Wildman–Crippen LogP) is 2.49. The van der Waals surface area contributed by atoms with E-state index >= 15 is 0 Å². The van der Waals surface area contributed by atoms with E-state index < -0.39 is 22.6 Å². The molecule has 0 saturated carbocycles. The minimum Gasteiger partial charge on any atom is -0.459 e. The Morgan fingerprint density at radius 2 is 1.74 bits per heavy atom. The molecule has 0 saturated heterocycles. The largest absolute Gasteiger partial charge is 0.459 e. The maximum Gasteiger partial charge on any atom is 0.291 e. The molecule has 0 unspecified atom stereocenters. The van der Waals surface area contributed by atoms with Gasteiger partial charge < -0.3 is 20.4 Å². The SMILES string of the molecule is O=C(CNC(=O)c1cccc([N+](=O)[O-])c1)NCc1cccc(NC(=O)c2ccco2)c1. The number of nitro groups is 1. The number of carbonyl (C=O) groups excluding carboxylic acids is 3. The summed E-state index contributed by atoms with van der Waals surface area (Å²) < 4.78 is 5.04. The molecule has 3 N–H and O–H groups in total. The Morgan fingerprint density at radius 1 is 0.935 bits per heavy atom. The minimum absolute atomic E-state index is 0.0852. The molecule has 0 aliphatic carbocycles. The van der Waals surface area contributed by atoms with E-state index in [1.807, 2.05) is 0 Å². The zero-order valence-electron chi connectivity index (χ0n) is 16.2. The number of hydrogen-bond acceptors (Lipinski definition) is 6.